The summed E-state index contributed by atoms with van der Waals surface area (Å²) in [6.45, 7) is 2.09. The standard InChI is InChI=1S/C9H13N3/c1-2-9(4-3-5-10)12-7-6-11-8-12/h3-8H,2,10H2,1H3/b5-3-,9-4+. The highest BCUT2D eigenvalue weighted by atomic mass is 15.0. The summed E-state index contributed by atoms with van der Waals surface area (Å²) in [6, 6.07) is 0. The van der Waals surface area contributed by atoms with E-state index in [1.165, 1.54) is 11.9 Å². The number of hydrogen-bond donors (Lipinski definition) is 1. The van der Waals surface area contributed by atoms with Crippen molar-refractivity contribution in [1.29, 1.82) is 0 Å². The van der Waals surface area contributed by atoms with Gasteiger partial charge in [-0.05, 0) is 24.8 Å². The quantitative estimate of drug-likeness (QED) is 0.688. The van der Waals surface area contributed by atoms with E-state index in [2.05, 4.69) is 11.9 Å². The van der Waals surface area contributed by atoms with Crippen molar-refractivity contribution in [2.24, 2.45) is 5.73 Å². The number of nitrogens with two attached hydrogens (primary N) is 1. The highest BCUT2D eigenvalue weighted by Crippen LogP contribution is 2.07. The fraction of sp³-hybridized carbons (Fsp3) is 0.222. The van der Waals surface area contributed by atoms with Gasteiger partial charge in [-0.25, -0.2) is 4.98 Å². The summed E-state index contributed by atoms with van der Waals surface area (Å²) in [6.07, 6.45) is 11.7. The van der Waals surface area contributed by atoms with Crippen LogP contribution in [-0.2, 0) is 0 Å². The smallest absolute Gasteiger partial charge is 0.0989 e. The number of allylic oxidation sites excluding steroid dienone is 3. The van der Waals surface area contributed by atoms with Gasteiger partial charge in [0.05, 0.1) is 6.33 Å². The van der Waals surface area contributed by atoms with Crippen LogP contribution in [0.2, 0.25) is 0 Å². The summed E-state index contributed by atoms with van der Waals surface area (Å²) in [4.78, 5) is 3.97. The van der Waals surface area contributed by atoms with Crippen LogP contribution < -0.4 is 5.73 Å². The molecular weight excluding hydrogens is 150 g/mol. The maximum atomic E-state index is 5.23. The second kappa shape index (κ2) is 4.38. The Hall–Kier alpha value is -1.51. The first kappa shape index (κ1) is 8.59. The van der Waals surface area contributed by atoms with Gasteiger partial charge in [-0.2, -0.15) is 0 Å². The zero-order valence-corrected chi connectivity index (χ0v) is 7.14. The van der Waals surface area contributed by atoms with Crippen molar-refractivity contribution in [3.8, 4) is 0 Å². The summed E-state index contributed by atoms with van der Waals surface area (Å²) in [5.41, 5.74) is 6.41. The molecule has 64 valence electrons. The van der Waals surface area contributed by atoms with E-state index in [0.717, 1.165) is 6.42 Å². The van der Waals surface area contributed by atoms with Gasteiger partial charge in [0, 0.05) is 18.1 Å². The summed E-state index contributed by atoms with van der Waals surface area (Å²) in [7, 11) is 0. The van der Waals surface area contributed by atoms with E-state index in [9.17, 15) is 0 Å². The molecule has 1 aromatic rings. The Labute approximate surface area is 72.2 Å². The molecular formula is C9H13N3. The number of hydrogen-bond acceptors (Lipinski definition) is 2. The van der Waals surface area contributed by atoms with E-state index in [-0.39, 0.29) is 0 Å². The zero-order valence-electron chi connectivity index (χ0n) is 7.14. The Morgan fingerprint density at radius 1 is 1.67 bits per heavy atom. The van der Waals surface area contributed by atoms with Gasteiger partial charge >= 0.3 is 0 Å². The molecule has 12 heavy (non-hydrogen) atoms. The minimum atomic E-state index is 0.959. The van der Waals surface area contributed by atoms with E-state index in [1.807, 2.05) is 22.9 Å². The van der Waals surface area contributed by atoms with Gasteiger partial charge in [0.1, 0.15) is 0 Å². The lowest BCUT2D eigenvalue weighted by Crippen LogP contribution is -1.91. The third-order valence-corrected chi connectivity index (χ3v) is 1.60. The van der Waals surface area contributed by atoms with E-state index in [4.69, 9.17) is 5.73 Å². The average Bonchev–Trinajstić information content (AvgIpc) is 2.59. The normalized spacial score (nSPS) is 12.6. The Balaban J connectivity index is 2.83. The highest BCUT2D eigenvalue weighted by molar-refractivity contribution is 5.47. The summed E-state index contributed by atoms with van der Waals surface area (Å²) in [5.74, 6) is 0. The van der Waals surface area contributed by atoms with Crippen molar-refractivity contribution in [2.45, 2.75) is 13.3 Å². The second-order valence-corrected chi connectivity index (χ2v) is 2.37. The van der Waals surface area contributed by atoms with Gasteiger partial charge < -0.3 is 10.3 Å². The molecule has 0 saturated carbocycles. The van der Waals surface area contributed by atoms with Crippen LogP contribution >= 0.6 is 0 Å². The molecule has 0 aliphatic carbocycles. The van der Waals surface area contributed by atoms with Crippen LogP contribution in [0.15, 0.2) is 37.1 Å². The molecule has 1 rings (SSSR count). The van der Waals surface area contributed by atoms with Gasteiger partial charge in [-0.3, -0.25) is 0 Å². The third-order valence-electron chi connectivity index (χ3n) is 1.60. The molecule has 3 nitrogen and oxygen atoms in total. The topological polar surface area (TPSA) is 43.8 Å². The molecule has 0 atom stereocenters. The molecule has 0 unspecified atom stereocenters. The molecule has 1 heterocycles. The average molecular weight is 163 g/mol. The first-order valence-corrected chi connectivity index (χ1v) is 3.94. The molecule has 0 amide bonds. The zero-order chi connectivity index (χ0) is 8.81. The van der Waals surface area contributed by atoms with Crippen LogP contribution in [0.3, 0.4) is 0 Å². The van der Waals surface area contributed by atoms with Crippen LogP contribution in [0.4, 0.5) is 0 Å². The van der Waals surface area contributed by atoms with Gasteiger partial charge in [0.2, 0.25) is 0 Å². The fourth-order valence-electron chi connectivity index (χ4n) is 0.982. The van der Waals surface area contributed by atoms with E-state index < -0.39 is 0 Å². The molecule has 0 aliphatic heterocycles. The van der Waals surface area contributed by atoms with Crippen LogP contribution in [-0.4, -0.2) is 9.55 Å². The molecule has 0 aromatic carbocycles. The van der Waals surface area contributed by atoms with Crippen LogP contribution in [0.1, 0.15) is 13.3 Å². The molecule has 0 saturated heterocycles. The van der Waals surface area contributed by atoms with Crippen molar-refractivity contribution in [3.05, 3.63) is 37.1 Å². The van der Waals surface area contributed by atoms with Crippen LogP contribution in [0, 0.1) is 0 Å². The predicted molar refractivity (Wildman–Crippen MR) is 50.1 cm³/mol. The van der Waals surface area contributed by atoms with Gasteiger partial charge in [0.25, 0.3) is 0 Å². The SMILES string of the molecule is CC/C(=C\C=C/N)n1ccnc1. The molecule has 0 radical (unpaired) electrons. The summed E-state index contributed by atoms with van der Waals surface area (Å²) in [5, 5.41) is 0. The molecule has 1 aromatic heterocycles. The van der Waals surface area contributed by atoms with Gasteiger partial charge in [-0.1, -0.05) is 6.92 Å². The monoisotopic (exact) mass is 163 g/mol. The predicted octanol–water partition coefficient (Wildman–Crippen LogP) is 1.61. The Bertz CT molecular complexity index is 270. The van der Waals surface area contributed by atoms with Gasteiger partial charge in [-0.15, -0.1) is 0 Å². The Morgan fingerprint density at radius 3 is 3.00 bits per heavy atom. The van der Waals surface area contributed by atoms with Crippen molar-refractivity contribution in [1.82, 2.24) is 9.55 Å². The van der Waals surface area contributed by atoms with Gasteiger partial charge in [0.15, 0.2) is 0 Å². The molecule has 3 heteroatoms. The minimum absolute atomic E-state index is 0.959. The third kappa shape index (κ3) is 1.99. The lowest BCUT2D eigenvalue weighted by molar-refractivity contribution is 1.01. The number of nitrogens with zero attached hydrogens (tertiary/aromatic N) is 2. The second-order valence-electron chi connectivity index (χ2n) is 2.37. The molecule has 2 N–H and O–H groups in total. The number of imidazole rings is 1. The molecule has 0 aliphatic rings. The lowest BCUT2D eigenvalue weighted by atomic mass is 10.3. The maximum absolute atomic E-state index is 5.23. The van der Waals surface area contributed by atoms with Crippen molar-refractivity contribution < 1.29 is 0 Å². The van der Waals surface area contributed by atoms with Crippen molar-refractivity contribution in [2.75, 3.05) is 0 Å². The fourth-order valence-corrected chi connectivity index (χ4v) is 0.982. The van der Waals surface area contributed by atoms with Crippen LogP contribution in [0.25, 0.3) is 5.70 Å². The highest BCUT2D eigenvalue weighted by Gasteiger charge is 1.93. The number of aromatic nitrogens is 2. The first-order chi connectivity index (χ1) is 5.88. The van der Waals surface area contributed by atoms with Crippen molar-refractivity contribution in [3.63, 3.8) is 0 Å². The maximum Gasteiger partial charge on any atom is 0.0989 e. The molecule has 0 bridgehead atoms. The minimum Gasteiger partial charge on any atom is -0.405 e. The van der Waals surface area contributed by atoms with E-state index in [1.54, 1.807) is 12.5 Å². The first-order valence-electron chi connectivity index (χ1n) is 3.94. The Kier molecular flexibility index (Phi) is 3.14. The summed E-state index contributed by atoms with van der Waals surface area (Å²) < 4.78 is 1.97. The van der Waals surface area contributed by atoms with E-state index >= 15 is 0 Å². The van der Waals surface area contributed by atoms with Crippen LogP contribution in [0.5, 0.6) is 0 Å². The lowest BCUT2D eigenvalue weighted by Gasteiger charge is -2.02. The van der Waals surface area contributed by atoms with E-state index in [0.29, 0.717) is 0 Å². The van der Waals surface area contributed by atoms with Crippen molar-refractivity contribution >= 4 is 5.70 Å². The number of rotatable bonds is 3. The largest absolute Gasteiger partial charge is 0.405 e. The summed E-state index contributed by atoms with van der Waals surface area (Å²) >= 11 is 0. The molecule has 0 fully saturated rings. The molecule has 0 spiro atoms. The Morgan fingerprint density at radius 2 is 2.50 bits per heavy atom.